The fourth-order valence-electron chi connectivity index (χ4n) is 2.79. The van der Waals surface area contributed by atoms with Crippen LogP contribution < -0.4 is 20.1 Å². The third-order valence-corrected chi connectivity index (χ3v) is 4.38. The Balaban J connectivity index is 1.95. The molecule has 0 heterocycles. The molecule has 6 nitrogen and oxygen atoms in total. The molecule has 0 unspecified atom stereocenters. The molecule has 158 valence electrons. The third kappa shape index (κ3) is 8.03. The number of guanidine groups is 1. The maximum atomic E-state index is 5.86. The van der Waals surface area contributed by atoms with Crippen LogP contribution in [0.15, 0.2) is 47.5 Å². The van der Waals surface area contributed by atoms with Crippen molar-refractivity contribution in [3.05, 3.63) is 59.2 Å². The van der Waals surface area contributed by atoms with E-state index in [1.54, 1.807) is 14.2 Å². The van der Waals surface area contributed by atoms with Gasteiger partial charge in [0.2, 0.25) is 0 Å². The van der Waals surface area contributed by atoms with Crippen molar-refractivity contribution in [2.45, 2.75) is 26.8 Å². The van der Waals surface area contributed by atoms with Crippen LogP contribution in [0.2, 0.25) is 0 Å². The van der Waals surface area contributed by atoms with E-state index in [0.29, 0.717) is 19.8 Å². The molecule has 0 aliphatic heterocycles. The van der Waals surface area contributed by atoms with Crippen LogP contribution in [-0.2, 0) is 17.7 Å². The quantitative estimate of drug-likeness (QED) is 0.345. The average Bonchev–Trinajstić information content (AvgIpc) is 2.73. The summed E-state index contributed by atoms with van der Waals surface area (Å²) in [4.78, 5) is 4.72. The number of nitrogens with one attached hydrogen (secondary N) is 2. The number of ether oxygens (including phenoxy) is 3. The van der Waals surface area contributed by atoms with Gasteiger partial charge < -0.3 is 24.8 Å². The normalized spacial score (nSPS) is 11.2. The predicted octanol–water partition coefficient (Wildman–Crippen LogP) is 3.33. The molecule has 6 heteroatoms. The van der Waals surface area contributed by atoms with Gasteiger partial charge in [0.05, 0.1) is 20.3 Å². The van der Waals surface area contributed by atoms with Crippen LogP contribution in [-0.4, -0.2) is 46.5 Å². The van der Waals surface area contributed by atoms with E-state index < -0.39 is 0 Å². The molecule has 2 aromatic carbocycles. The zero-order valence-corrected chi connectivity index (χ0v) is 18.0. The molecule has 2 N–H and O–H groups in total. The topological polar surface area (TPSA) is 64.1 Å². The lowest BCUT2D eigenvalue weighted by Gasteiger charge is -2.14. The van der Waals surface area contributed by atoms with Gasteiger partial charge in [-0.2, -0.15) is 0 Å². The molecule has 0 aliphatic rings. The smallest absolute Gasteiger partial charge is 0.191 e. The Labute approximate surface area is 174 Å². The highest BCUT2D eigenvalue weighted by atomic mass is 16.5. The first-order valence-corrected chi connectivity index (χ1v) is 10.0. The second-order valence-electron chi connectivity index (χ2n) is 6.67. The Bertz CT molecular complexity index is 760. The number of aryl methyl sites for hydroxylation is 1. The van der Waals surface area contributed by atoms with E-state index in [4.69, 9.17) is 19.2 Å². The van der Waals surface area contributed by atoms with Crippen LogP contribution in [0.1, 0.15) is 23.6 Å². The van der Waals surface area contributed by atoms with Gasteiger partial charge in [0.1, 0.15) is 18.1 Å². The van der Waals surface area contributed by atoms with Gasteiger partial charge in [0, 0.05) is 25.8 Å². The first-order chi connectivity index (χ1) is 14.2. The van der Waals surface area contributed by atoms with E-state index >= 15 is 0 Å². The molecule has 0 atom stereocenters. The minimum Gasteiger partial charge on any atom is -0.497 e. The highest BCUT2D eigenvalue weighted by Gasteiger charge is 2.05. The van der Waals surface area contributed by atoms with Gasteiger partial charge >= 0.3 is 0 Å². The minimum absolute atomic E-state index is 0.525. The molecule has 0 fully saturated rings. The van der Waals surface area contributed by atoms with Crippen LogP contribution in [0.4, 0.5) is 0 Å². The van der Waals surface area contributed by atoms with E-state index in [9.17, 15) is 0 Å². The molecule has 0 saturated carbocycles. The molecular formula is C23H33N3O3. The third-order valence-electron chi connectivity index (χ3n) is 4.38. The molecule has 2 rings (SSSR count). The van der Waals surface area contributed by atoms with E-state index in [1.165, 1.54) is 5.56 Å². The zero-order valence-electron chi connectivity index (χ0n) is 18.0. The van der Waals surface area contributed by atoms with Crippen LogP contribution in [0, 0.1) is 6.92 Å². The molecule has 0 aliphatic carbocycles. The van der Waals surface area contributed by atoms with Gasteiger partial charge in [-0.1, -0.05) is 24.3 Å². The van der Waals surface area contributed by atoms with Gasteiger partial charge in [-0.05, 0) is 49.6 Å². The highest BCUT2D eigenvalue weighted by Crippen LogP contribution is 2.21. The Kier molecular flexibility index (Phi) is 9.86. The number of hydrogen-bond acceptors (Lipinski definition) is 4. The second kappa shape index (κ2) is 12.7. The van der Waals surface area contributed by atoms with E-state index in [1.807, 2.05) is 18.2 Å². The Morgan fingerprint density at radius 3 is 2.48 bits per heavy atom. The maximum Gasteiger partial charge on any atom is 0.191 e. The first kappa shape index (κ1) is 22.6. The van der Waals surface area contributed by atoms with Crippen molar-refractivity contribution in [1.82, 2.24) is 10.6 Å². The van der Waals surface area contributed by atoms with Crippen molar-refractivity contribution < 1.29 is 14.2 Å². The Morgan fingerprint density at radius 2 is 1.79 bits per heavy atom. The summed E-state index contributed by atoms with van der Waals surface area (Å²) in [6, 6.07) is 14.3. The van der Waals surface area contributed by atoms with Crippen LogP contribution in [0.3, 0.4) is 0 Å². The van der Waals surface area contributed by atoms with Crippen LogP contribution >= 0.6 is 0 Å². The van der Waals surface area contributed by atoms with Crippen molar-refractivity contribution in [2.24, 2.45) is 4.99 Å². The summed E-state index contributed by atoms with van der Waals surface area (Å²) in [7, 11) is 3.35. The fourth-order valence-corrected chi connectivity index (χ4v) is 2.79. The van der Waals surface area contributed by atoms with Gasteiger partial charge in [0.25, 0.3) is 0 Å². The molecule has 0 saturated heterocycles. The summed E-state index contributed by atoms with van der Waals surface area (Å²) >= 11 is 0. The fraction of sp³-hybridized carbons (Fsp3) is 0.435. The zero-order chi connectivity index (χ0) is 20.9. The van der Waals surface area contributed by atoms with Crippen molar-refractivity contribution in [1.29, 1.82) is 0 Å². The van der Waals surface area contributed by atoms with Gasteiger partial charge in [-0.3, -0.25) is 0 Å². The first-order valence-electron chi connectivity index (χ1n) is 10.0. The van der Waals surface area contributed by atoms with Gasteiger partial charge in [-0.25, -0.2) is 4.99 Å². The lowest BCUT2D eigenvalue weighted by atomic mass is 10.1. The number of rotatable bonds is 11. The van der Waals surface area contributed by atoms with Crippen molar-refractivity contribution in [3.63, 3.8) is 0 Å². The van der Waals surface area contributed by atoms with Gasteiger partial charge in [0.15, 0.2) is 5.96 Å². The lowest BCUT2D eigenvalue weighted by molar-refractivity contribution is 0.145. The SMILES string of the molecule is CCNC(=NCc1ccc(C)cc1OCCOC)NCCc1ccc(OC)cc1. The van der Waals surface area contributed by atoms with E-state index in [0.717, 1.165) is 48.1 Å². The number of hydrogen-bond donors (Lipinski definition) is 2. The molecule has 0 spiro atoms. The summed E-state index contributed by atoms with van der Waals surface area (Å²) in [5.41, 5.74) is 3.47. The Hall–Kier alpha value is -2.73. The molecular weight excluding hydrogens is 366 g/mol. The standard InChI is InChI=1S/C23H33N3O3/c1-5-24-23(25-13-12-19-7-10-21(28-4)11-8-19)26-17-20-9-6-18(2)16-22(20)29-15-14-27-3/h6-11,16H,5,12-15,17H2,1-4H3,(H2,24,25,26). The highest BCUT2D eigenvalue weighted by molar-refractivity contribution is 5.79. The lowest BCUT2D eigenvalue weighted by Crippen LogP contribution is -2.38. The average molecular weight is 400 g/mol. The summed E-state index contributed by atoms with van der Waals surface area (Å²) < 4.78 is 16.1. The summed E-state index contributed by atoms with van der Waals surface area (Å²) in [5, 5.41) is 6.70. The number of aliphatic imine (C=N–C) groups is 1. The van der Waals surface area contributed by atoms with Crippen LogP contribution in [0.25, 0.3) is 0 Å². The number of nitrogens with zero attached hydrogens (tertiary/aromatic N) is 1. The second-order valence-corrected chi connectivity index (χ2v) is 6.67. The number of benzene rings is 2. The molecule has 0 bridgehead atoms. The Morgan fingerprint density at radius 1 is 1.00 bits per heavy atom. The summed E-state index contributed by atoms with van der Waals surface area (Å²) in [6.07, 6.45) is 0.907. The molecule has 0 aromatic heterocycles. The maximum absolute atomic E-state index is 5.86. The van der Waals surface area contributed by atoms with Crippen molar-refractivity contribution in [2.75, 3.05) is 40.5 Å². The van der Waals surface area contributed by atoms with Crippen LogP contribution in [0.5, 0.6) is 11.5 Å². The monoisotopic (exact) mass is 399 g/mol. The predicted molar refractivity (Wildman–Crippen MR) is 118 cm³/mol. The van der Waals surface area contributed by atoms with Crippen molar-refractivity contribution in [3.8, 4) is 11.5 Å². The van der Waals surface area contributed by atoms with E-state index in [-0.39, 0.29) is 0 Å². The van der Waals surface area contributed by atoms with Gasteiger partial charge in [-0.15, -0.1) is 0 Å². The molecule has 29 heavy (non-hydrogen) atoms. The largest absolute Gasteiger partial charge is 0.497 e. The molecule has 2 aromatic rings. The molecule has 0 radical (unpaired) electrons. The summed E-state index contributed by atoms with van der Waals surface area (Å²) in [6.45, 7) is 7.35. The van der Waals surface area contributed by atoms with E-state index in [2.05, 4.69) is 48.7 Å². The number of methoxy groups -OCH3 is 2. The minimum atomic E-state index is 0.525. The van der Waals surface area contributed by atoms with Crippen molar-refractivity contribution >= 4 is 5.96 Å². The summed E-state index contributed by atoms with van der Waals surface area (Å²) in [5.74, 6) is 2.53. The molecule has 0 amide bonds.